The standard InChI is InChI=1S/C15H15F3N4O/c1-22(14(23)11-5-6-13(21-19)20-8-11)9-10-3-2-4-12(7-10)15(16,17)18/h2-8H,9,19H2,1H3,(H,20,21). The fourth-order valence-electron chi connectivity index (χ4n) is 2.02. The van der Waals surface area contributed by atoms with Crippen molar-refractivity contribution in [3.8, 4) is 0 Å². The number of hydrazine groups is 1. The van der Waals surface area contributed by atoms with Crippen LogP contribution in [0.3, 0.4) is 0 Å². The van der Waals surface area contributed by atoms with Crippen LogP contribution in [0.5, 0.6) is 0 Å². The van der Waals surface area contributed by atoms with Gasteiger partial charge in [-0.2, -0.15) is 13.2 Å². The molecule has 0 unspecified atom stereocenters. The average Bonchev–Trinajstić information content (AvgIpc) is 2.53. The minimum atomic E-state index is -4.41. The Bertz CT molecular complexity index is 686. The van der Waals surface area contributed by atoms with Crippen molar-refractivity contribution in [1.29, 1.82) is 0 Å². The molecule has 0 saturated heterocycles. The third-order valence-corrected chi connectivity index (χ3v) is 3.18. The summed E-state index contributed by atoms with van der Waals surface area (Å²) in [6.07, 6.45) is -3.06. The van der Waals surface area contributed by atoms with Gasteiger partial charge in [0.2, 0.25) is 0 Å². The van der Waals surface area contributed by atoms with Gasteiger partial charge in [-0.3, -0.25) is 4.79 Å². The molecule has 0 bridgehead atoms. The molecule has 0 spiro atoms. The van der Waals surface area contributed by atoms with Gasteiger partial charge in [0, 0.05) is 19.8 Å². The molecule has 0 fully saturated rings. The van der Waals surface area contributed by atoms with Crippen LogP contribution in [0.25, 0.3) is 0 Å². The first-order valence-corrected chi connectivity index (χ1v) is 6.65. The van der Waals surface area contributed by atoms with Crippen molar-refractivity contribution >= 4 is 11.7 Å². The Hall–Kier alpha value is -2.61. The van der Waals surface area contributed by atoms with Crippen LogP contribution in [0, 0.1) is 0 Å². The molecule has 2 rings (SSSR count). The van der Waals surface area contributed by atoms with E-state index >= 15 is 0 Å². The molecule has 0 aliphatic carbocycles. The highest BCUT2D eigenvalue weighted by Crippen LogP contribution is 2.29. The molecule has 0 atom stereocenters. The predicted molar refractivity (Wildman–Crippen MR) is 79.3 cm³/mol. The molecule has 1 heterocycles. The molecule has 1 aromatic carbocycles. The van der Waals surface area contributed by atoms with Crippen molar-refractivity contribution in [2.45, 2.75) is 12.7 Å². The van der Waals surface area contributed by atoms with Crippen molar-refractivity contribution in [2.75, 3.05) is 12.5 Å². The van der Waals surface area contributed by atoms with Gasteiger partial charge in [0.25, 0.3) is 5.91 Å². The van der Waals surface area contributed by atoms with Crippen molar-refractivity contribution in [1.82, 2.24) is 9.88 Å². The van der Waals surface area contributed by atoms with Gasteiger partial charge in [-0.15, -0.1) is 0 Å². The highest BCUT2D eigenvalue weighted by molar-refractivity contribution is 5.93. The number of nitrogen functional groups attached to an aromatic ring is 1. The predicted octanol–water partition coefficient (Wildman–Crippen LogP) is 2.66. The number of nitrogens with two attached hydrogens (primary N) is 1. The number of benzene rings is 1. The first kappa shape index (κ1) is 16.8. The lowest BCUT2D eigenvalue weighted by Gasteiger charge is -2.18. The van der Waals surface area contributed by atoms with Gasteiger partial charge < -0.3 is 10.3 Å². The zero-order valence-electron chi connectivity index (χ0n) is 12.3. The van der Waals surface area contributed by atoms with Crippen molar-refractivity contribution in [3.63, 3.8) is 0 Å². The zero-order chi connectivity index (χ0) is 17.0. The molecule has 23 heavy (non-hydrogen) atoms. The molecule has 3 N–H and O–H groups in total. The zero-order valence-corrected chi connectivity index (χ0v) is 12.3. The number of nitrogens with one attached hydrogen (secondary N) is 1. The van der Waals surface area contributed by atoms with Crippen LogP contribution in [0.4, 0.5) is 19.0 Å². The Morgan fingerprint density at radius 2 is 2.04 bits per heavy atom. The summed E-state index contributed by atoms with van der Waals surface area (Å²) < 4.78 is 38.1. The Kier molecular flexibility index (Phi) is 4.85. The number of anilines is 1. The minimum absolute atomic E-state index is 0.0552. The molecule has 8 heteroatoms. The lowest BCUT2D eigenvalue weighted by molar-refractivity contribution is -0.137. The number of pyridine rings is 1. The number of carbonyl (C=O) groups excluding carboxylic acids is 1. The molecular formula is C15H15F3N4O. The topological polar surface area (TPSA) is 71.2 Å². The van der Waals surface area contributed by atoms with Crippen LogP contribution in [-0.4, -0.2) is 22.8 Å². The summed E-state index contributed by atoms with van der Waals surface area (Å²) in [5.74, 6) is 5.24. The Morgan fingerprint density at radius 1 is 1.30 bits per heavy atom. The van der Waals surface area contributed by atoms with Crippen LogP contribution < -0.4 is 11.3 Å². The average molecular weight is 324 g/mol. The van der Waals surface area contributed by atoms with E-state index in [1.54, 1.807) is 6.07 Å². The maximum atomic E-state index is 12.7. The van der Waals surface area contributed by atoms with Crippen LogP contribution in [0.1, 0.15) is 21.5 Å². The number of alkyl halides is 3. The smallest absolute Gasteiger partial charge is 0.337 e. The summed E-state index contributed by atoms with van der Waals surface area (Å²) in [4.78, 5) is 17.5. The van der Waals surface area contributed by atoms with Crippen molar-refractivity contribution in [2.24, 2.45) is 5.84 Å². The van der Waals surface area contributed by atoms with Gasteiger partial charge in [-0.05, 0) is 29.8 Å². The van der Waals surface area contributed by atoms with Crippen LogP contribution in [0.15, 0.2) is 42.6 Å². The Labute approximate surface area is 130 Å². The maximum absolute atomic E-state index is 12.7. The molecule has 2 aromatic rings. The Balaban J connectivity index is 2.11. The number of rotatable bonds is 4. The highest BCUT2D eigenvalue weighted by Gasteiger charge is 2.30. The number of halogens is 3. The number of carbonyl (C=O) groups is 1. The van der Waals surface area contributed by atoms with E-state index < -0.39 is 11.7 Å². The van der Waals surface area contributed by atoms with Gasteiger partial charge in [-0.25, -0.2) is 10.8 Å². The monoisotopic (exact) mass is 324 g/mol. The summed E-state index contributed by atoms with van der Waals surface area (Å²) in [7, 11) is 1.51. The number of hydrogen-bond donors (Lipinski definition) is 2. The first-order valence-electron chi connectivity index (χ1n) is 6.65. The summed E-state index contributed by atoms with van der Waals surface area (Å²) in [6, 6.07) is 7.95. The second-order valence-electron chi connectivity index (χ2n) is 4.94. The number of amides is 1. The van der Waals surface area contributed by atoms with Crippen LogP contribution in [-0.2, 0) is 12.7 Å². The van der Waals surface area contributed by atoms with E-state index in [1.807, 2.05) is 0 Å². The molecule has 1 aromatic heterocycles. The van der Waals surface area contributed by atoms with E-state index in [9.17, 15) is 18.0 Å². The molecule has 0 saturated carbocycles. The molecule has 0 aliphatic rings. The molecule has 1 amide bonds. The van der Waals surface area contributed by atoms with Crippen LogP contribution in [0.2, 0.25) is 0 Å². The molecule has 122 valence electrons. The molecule has 5 nitrogen and oxygen atoms in total. The first-order chi connectivity index (χ1) is 10.8. The SMILES string of the molecule is CN(Cc1cccc(C(F)(F)F)c1)C(=O)c1ccc(NN)nc1. The largest absolute Gasteiger partial charge is 0.416 e. The molecule has 0 aliphatic heterocycles. The third kappa shape index (κ3) is 4.19. The summed E-state index contributed by atoms with van der Waals surface area (Å²) in [6.45, 7) is 0.0552. The van der Waals surface area contributed by atoms with Gasteiger partial charge in [-0.1, -0.05) is 12.1 Å². The van der Waals surface area contributed by atoms with Gasteiger partial charge in [0.1, 0.15) is 5.82 Å². The third-order valence-electron chi connectivity index (χ3n) is 3.18. The van der Waals surface area contributed by atoms with Crippen molar-refractivity contribution in [3.05, 3.63) is 59.3 Å². The second-order valence-corrected chi connectivity index (χ2v) is 4.94. The van der Waals surface area contributed by atoms with E-state index in [-0.39, 0.29) is 12.5 Å². The summed E-state index contributed by atoms with van der Waals surface area (Å²) in [5.41, 5.74) is 2.31. The normalized spacial score (nSPS) is 11.2. The Morgan fingerprint density at radius 3 is 2.61 bits per heavy atom. The van der Waals surface area contributed by atoms with E-state index in [0.717, 1.165) is 12.1 Å². The van der Waals surface area contributed by atoms with E-state index in [4.69, 9.17) is 5.84 Å². The van der Waals surface area contributed by atoms with E-state index in [0.29, 0.717) is 16.9 Å². The van der Waals surface area contributed by atoms with E-state index in [1.165, 1.54) is 36.3 Å². The quantitative estimate of drug-likeness (QED) is 0.670. The maximum Gasteiger partial charge on any atom is 0.416 e. The summed E-state index contributed by atoms with van der Waals surface area (Å²) in [5, 5.41) is 0. The fraction of sp³-hybridized carbons (Fsp3) is 0.200. The van der Waals surface area contributed by atoms with Gasteiger partial charge in [0.15, 0.2) is 0 Å². The number of aromatic nitrogens is 1. The molecule has 0 radical (unpaired) electrons. The van der Waals surface area contributed by atoms with E-state index in [2.05, 4.69) is 10.4 Å². The lowest BCUT2D eigenvalue weighted by atomic mass is 10.1. The second kappa shape index (κ2) is 6.66. The number of hydrogen-bond acceptors (Lipinski definition) is 4. The fourth-order valence-corrected chi connectivity index (χ4v) is 2.02. The molecular weight excluding hydrogens is 309 g/mol. The minimum Gasteiger partial charge on any atom is -0.337 e. The summed E-state index contributed by atoms with van der Waals surface area (Å²) >= 11 is 0. The highest BCUT2D eigenvalue weighted by atomic mass is 19.4. The lowest BCUT2D eigenvalue weighted by Crippen LogP contribution is -2.26. The number of nitrogens with zero attached hydrogens (tertiary/aromatic N) is 2. The van der Waals surface area contributed by atoms with Crippen molar-refractivity contribution < 1.29 is 18.0 Å². The van der Waals surface area contributed by atoms with Gasteiger partial charge >= 0.3 is 6.18 Å². The van der Waals surface area contributed by atoms with Crippen LogP contribution >= 0.6 is 0 Å². The van der Waals surface area contributed by atoms with Gasteiger partial charge in [0.05, 0.1) is 11.1 Å².